The highest BCUT2D eigenvalue weighted by Gasteiger charge is 2.29. The highest BCUT2D eigenvalue weighted by molar-refractivity contribution is 5.85. The van der Waals surface area contributed by atoms with E-state index in [1.165, 1.54) is 5.56 Å². The highest BCUT2D eigenvalue weighted by Crippen LogP contribution is 2.35. The molecule has 2 aliphatic rings. The van der Waals surface area contributed by atoms with Crippen LogP contribution in [0.4, 0.5) is 5.82 Å². The van der Waals surface area contributed by atoms with E-state index < -0.39 is 0 Å². The number of hydrogen-bond acceptors (Lipinski definition) is 6. The first-order chi connectivity index (χ1) is 13.8. The number of fused-ring (bicyclic) bond motifs is 1. The molecule has 0 saturated heterocycles. The first-order valence-corrected chi connectivity index (χ1v) is 10.0. The van der Waals surface area contributed by atoms with Gasteiger partial charge in [0.2, 0.25) is 0 Å². The molecule has 5 rings (SSSR count). The van der Waals surface area contributed by atoms with Gasteiger partial charge >= 0.3 is 0 Å². The summed E-state index contributed by atoms with van der Waals surface area (Å²) in [6, 6.07) is 12.9. The third-order valence-electron chi connectivity index (χ3n) is 5.90. The number of halogens is 2. The summed E-state index contributed by atoms with van der Waals surface area (Å²) in [6.07, 6.45) is 5.43. The number of rotatable bonds is 4. The van der Waals surface area contributed by atoms with Gasteiger partial charge in [0.05, 0.1) is 0 Å². The minimum Gasteiger partial charge on any atom is -0.354 e. The number of nitrogens with zero attached hydrogens (tertiary/aromatic N) is 6. The number of aromatic nitrogens is 5. The molecule has 1 saturated carbocycles. The zero-order valence-corrected chi connectivity index (χ0v) is 18.4. The summed E-state index contributed by atoms with van der Waals surface area (Å²) in [5.41, 5.74) is 8.33. The Morgan fingerprint density at radius 3 is 2.53 bits per heavy atom. The van der Waals surface area contributed by atoms with Gasteiger partial charge in [-0.25, -0.2) is 9.97 Å². The quantitative estimate of drug-likeness (QED) is 0.661. The van der Waals surface area contributed by atoms with Crippen molar-refractivity contribution in [3.05, 3.63) is 65.6 Å². The van der Waals surface area contributed by atoms with Crippen molar-refractivity contribution in [2.24, 2.45) is 5.73 Å². The van der Waals surface area contributed by atoms with Crippen LogP contribution >= 0.6 is 24.8 Å². The third-order valence-corrected chi connectivity index (χ3v) is 5.90. The molecular weight excluding hydrogens is 421 g/mol. The summed E-state index contributed by atoms with van der Waals surface area (Å²) >= 11 is 0. The molecule has 0 unspecified atom stereocenters. The van der Waals surface area contributed by atoms with Crippen LogP contribution in [0, 0.1) is 0 Å². The van der Waals surface area contributed by atoms with Crippen molar-refractivity contribution in [2.45, 2.75) is 44.2 Å². The van der Waals surface area contributed by atoms with Crippen molar-refractivity contribution >= 4 is 30.6 Å². The van der Waals surface area contributed by atoms with E-state index in [9.17, 15) is 0 Å². The molecular formula is C21H27Cl2N7. The molecule has 1 aromatic carbocycles. The third kappa shape index (κ3) is 4.58. The number of hydrogen-bond donors (Lipinski definition) is 1. The molecule has 1 aliphatic heterocycles. The minimum absolute atomic E-state index is 0. The second kappa shape index (κ2) is 9.73. The zero-order valence-electron chi connectivity index (χ0n) is 16.7. The van der Waals surface area contributed by atoms with Crippen LogP contribution in [0.2, 0.25) is 0 Å². The minimum atomic E-state index is 0. The van der Waals surface area contributed by atoms with Crippen molar-refractivity contribution in [1.29, 1.82) is 0 Å². The zero-order chi connectivity index (χ0) is 18.9. The summed E-state index contributed by atoms with van der Waals surface area (Å²) in [6.45, 7) is 2.66. The molecule has 0 amide bonds. The average Bonchev–Trinajstić information content (AvgIpc) is 2.95. The van der Waals surface area contributed by atoms with Crippen LogP contribution in [0.1, 0.15) is 41.7 Å². The SMILES string of the molecule is Cl.Cl.NC1CC(c2cc(N3CCc4nnc(Cc5ccccc5)n4CC3)ncn2)C1. The Hall–Kier alpha value is -2.22. The van der Waals surface area contributed by atoms with Gasteiger partial charge in [-0.05, 0) is 18.4 Å². The van der Waals surface area contributed by atoms with E-state index in [1.54, 1.807) is 6.33 Å². The predicted octanol–water partition coefficient (Wildman–Crippen LogP) is 2.77. The van der Waals surface area contributed by atoms with Crippen molar-refractivity contribution < 1.29 is 0 Å². The van der Waals surface area contributed by atoms with Gasteiger partial charge in [0.1, 0.15) is 23.8 Å². The molecule has 1 fully saturated rings. The molecule has 9 heteroatoms. The van der Waals surface area contributed by atoms with Crippen LogP contribution < -0.4 is 10.6 Å². The van der Waals surface area contributed by atoms with Crippen LogP contribution in [0.5, 0.6) is 0 Å². The van der Waals surface area contributed by atoms with Gasteiger partial charge < -0.3 is 15.2 Å². The van der Waals surface area contributed by atoms with Crippen LogP contribution in [0.25, 0.3) is 0 Å². The molecule has 3 aromatic rings. The predicted molar refractivity (Wildman–Crippen MR) is 122 cm³/mol. The van der Waals surface area contributed by atoms with Crippen molar-refractivity contribution in [1.82, 2.24) is 24.7 Å². The standard InChI is InChI=1S/C21H25N7.2ClH/c22-17-11-16(12-17)18-13-20(24-14-23-18)27-7-6-19-25-26-21(28(19)9-8-27)10-15-4-2-1-3-5-15;;/h1-5,13-14,16-17H,6-12,22H2;2*1H. The Kier molecular flexibility index (Phi) is 7.28. The molecule has 1 aliphatic carbocycles. The number of benzene rings is 1. The average molecular weight is 448 g/mol. The summed E-state index contributed by atoms with van der Waals surface area (Å²) < 4.78 is 2.28. The molecule has 0 radical (unpaired) electrons. The van der Waals surface area contributed by atoms with Gasteiger partial charge in [0.25, 0.3) is 0 Å². The fraction of sp³-hybridized carbons (Fsp3) is 0.429. The van der Waals surface area contributed by atoms with Gasteiger partial charge in [0, 0.05) is 56.2 Å². The van der Waals surface area contributed by atoms with Gasteiger partial charge in [-0.2, -0.15) is 0 Å². The Balaban J connectivity index is 0.00000128. The van der Waals surface area contributed by atoms with Gasteiger partial charge in [-0.3, -0.25) is 0 Å². The lowest BCUT2D eigenvalue weighted by atomic mass is 9.78. The van der Waals surface area contributed by atoms with E-state index in [1.807, 2.05) is 6.07 Å². The van der Waals surface area contributed by atoms with Gasteiger partial charge in [-0.1, -0.05) is 30.3 Å². The fourth-order valence-corrected chi connectivity index (χ4v) is 4.18. The Labute approximate surface area is 188 Å². The van der Waals surface area contributed by atoms with Crippen LogP contribution in [0.15, 0.2) is 42.7 Å². The van der Waals surface area contributed by atoms with Crippen molar-refractivity contribution in [2.75, 3.05) is 18.0 Å². The lowest BCUT2D eigenvalue weighted by Crippen LogP contribution is -2.35. The first-order valence-electron chi connectivity index (χ1n) is 10.0. The number of anilines is 1. The molecule has 0 atom stereocenters. The van der Waals surface area contributed by atoms with Crippen molar-refractivity contribution in [3.63, 3.8) is 0 Å². The normalized spacial score (nSPS) is 20.2. The number of nitrogens with two attached hydrogens (primary N) is 1. The molecule has 160 valence electrons. The molecule has 2 N–H and O–H groups in total. The lowest BCUT2D eigenvalue weighted by Gasteiger charge is -2.32. The molecule has 7 nitrogen and oxygen atoms in total. The van der Waals surface area contributed by atoms with E-state index in [0.29, 0.717) is 12.0 Å². The van der Waals surface area contributed by atoms with E-state index >= 15 is 0 Å². The van der Waals surface area contributed by atoms with Crippen LogP contribution in [0.3, 0.4) is 0 Å². The van der Waals surface area contributed by atoms with E-state index in [0.717, 1.165) is 68.5 Å². The van der Waals surface area contributed by atoms with Gasteiger partial charge in [-0.15, -0.1) is 35.0 Å². The molecule has 0 bridgehead atoms. The van der Waals surface area contributed by atoms with Crippen molar-refractivity contribution in [3.8, 4) is 0 Å². The van der Waals surface area contributed by atoms with E-state index in [2.05, 4.69) is 60.0 Å². The fourth-order valence-electron chi connectivity index (χ4n) is 4.18. The monoisotopic (exact) mass is 447 g/mol. The smallest absolute Gasteiger partial charge is 0.137 e. The maximum atomic E-state index is 5.94. The van der Waals surface area contributed by atoms with Crippen LogP contribution in [-0.4, -0.2) is 43.9 Å². The van der Waals surface area contributed by atoms with E-state index in [4.69, 9.17) is 5.73 Å². The maximum Gasteiger partial charge on any atom is 0.137 e. The Bertz CT molecular complexity index is 957. The van der Waals surface area contributed by atoms with Crippen LogP contribution in [-0.2, 0) is 19.4 Å². The molecule has 30 heavy (non-hydrogen) atoms. The Morgan fingerprint density at radius 1 is 0.967 bits per heavy atom. The Morgan fingerprint density at radius 2 is 1.77 bits per heavy atom. The topological polar surface area (TPSA) is 85.8 Å². The summed E-state index contributed by atoms with van der Waals surface area (Å²) in [5, 5.41) is 8.91. The maximum absolute atomic E-state index is 5.94. The summed E-state index contributed by atoms with van der Waals surface area (Å²) in [5.74, 6) is 3.59. The lowest BCUT2D eigenvalue weighted by molar-refractivity contribution is 0.345. The van der Waals surface area contributed by atoms with Gasteiger partial charge in [0.15, 0.2) is 0 Å². The van der Waals surface area contributed by atoms with E-state index in [-0.39, 0.29) is 24.8 Å². The second-order valence-corrected chi connectivity index (χ2v) is 7.81. The molecule has 3 heterocycles. The summed E-state index contributed by atoms with van der Waals surface area (Å²) in [4.78, 5) is 11.4. The summed E-state index contributed by atoms with van der Waals surface area (Å²) in [7, 11) is 0. The first kappa shape index (κ1) is 22.5. The second-order valence-electron chi connectivity index (χ2n) is 7.81. The highest BCUT2D eigenvalue weighted by atomic mass is 35.5. The molecule has 0 spiro atoms. The largest absolute Gasteiger partial charge is 0.354 e. The molecule has 2 aromatic heterocycles.